The van der Waals surface area contributed by atoms with Gasteiger partial charge in [-0.05, 0) is 54.8 Å². The Labute approximate surface area is 162 Å². The summed E-state index contributed by atoms with van der Waals surface area (Å²) in [5.74, 6) is 0.0292. The first kappa shape index (κ1) is 20.8. The van der Waals surface area contributed by atoms with E-state index in [1.54, 1.807) is 36.0 Å². The van der Waals surface area contributed by atoms with Crippen molar-refractivity contribution in [1.82, 2.24) is 5.32 Å². The lowest BCUT2D eigenvalue weighted by Crippen LogP contribution is -2.42. The predicted octanol–water partition coefficient (Wildman–Crippen LogP) is 3.30. The highest BCUT2D eigenvalue weighted by atomic mass is 32.2. The standard InChI is InChI=1S/C20H22FNO4S/c1-27-14-11-18(22-19(23)15-5-3-2-4-6-15)20(24)26-13-12-25-17-9-7-16(21)8-10-17/h2-10,18H,11-14H2,1H3,(H,22,23). The Balaban J connectivity index is 1.82. The Hall–Kier alpha value is -2.54. The third-order valence-electron chi connectivity index (χ3n) is 3.65. The molecule has 0 fully saturated rings. The number of halogens is 1. The third-order valence-corrected chi connectivity index (χ3v) is 4.29. The van der Waals surface area contributed by atoms with Gasteiger partial charge in [0.05, 0.1) is 0 Å². The van der Waals surface area contributed by atoms with Crippen LogP contribution < -0.4 is 10.1 Å². The van der Waals surface area contributed by atoms with Gasteiger partial charge in [0.1, 0.15) is 30.8 Å². The SMILES string of the molecule is CSCCC(NC(=O)c1ccccc1)C(=O)OCCOc1ccc(F)cc1. The molecule has 0 aliphatic carbocycles. The molecule has 1 atom stereocenters. The Morgan fingerprint density at radius 2 is 1.78 bits per heavy atom. The van der Waals surface area contributed by atoms with Gasteiger partial charge >= 0.3 is 5.97 Å². The van der Waals surface area contributed by atoms with E-state index in [-0.39, 0.29) is 24.9 Å². The molecule has 7 heteroatoms. The second-order valence-electron chi connectivity index (χ2n) is 5.64. The number of thioether (sulfide) groups is 1. The lowest BCUT2D eigenvalue weighted by Gasteiger charge is -2.17. The summed E-state index contributed by atoms with van der Waals surface area (Å²) >= 11 is 1.58. The monoisotopic (exact) mass is 391 g/mol. The minimum Gasteiger partial charge on any atom is -0.490 e. The van der Waals surface area contributed by atoms with Gasteiger partial charge in [-0.3, -0.25) is 4.79 Å². The zero-order valence-corrected chi connectivity index (χ0v) is 15.8. The van der Waals surface area contributed by atoms with Crippen molar-refractivity contribution in [2.45, 2.75) is 12.5 Å². The molecule has 0 aliphatic heterocycles. The van der Waals surface area contributed by atoms with Crippen LogP contribution in [0.15, 0.2) is 54.6 Å². The number of esters is 1. The molecule has 1 unspecified atom stereocenters. The van der Waals surface area contributed by atoms with Crippen LogP contribution in [0.4, 0.5) is 4.39 Å². The number of rotatable bonds is 10. The zero-order valence-electron chi connectivity index (χ0n) is 15.0. The Morgan fingerprint density at radius 3 is 2.44 bits per heavy atom. The number of amides is 1. The smallest absolute Gasteiger partial charge is 0.328 e. The van der Waals surface area contributed by atoms with Gasteiger partial charge in [-0.15, -0.1) is 0 Å². The molecule has 0 aromatic heterocycles. The largest absolute Gasteiger partial charge is 0.490 e. The number of carbonyl (C=O) groups is 2. The second kappa shape index (κ2) is 11.2. The molecule has 144 valence electrons. The summed E-state index contributed by atoms with van der Waals surface area (Å²) in [4.78, 5) is 24.6. The van der Waals surface area contributed by atoms with E-state index in [1.807, 2.05) is 12.3 Å². The van der Waals surface area contributed by atoms with Crippen LogP contribution in [-0.4, -0.2) is 43.1 Å². The minimum absolute atomic E-state index is 0.0349. The number of hydrogen-bond donors (Lipinski definition) is 1. The summed E-state index contributed by atoms with van der Waals surface area (Å²) in [5.41, 5.74) is 0.485. The van der Waals surface area contributed by atoms with E-state index < -0.39 is 12.0 Å². The number of carbonyl (C=O) groups excluding carboxylic acids is 2. The maximum absolute atomic E-state index is 12.8. The van der Waals surface area contributed by atoms with E-state index in [9.17, 15) is 14.0 Å². The van der Waals surface area contributed by atoms with Crippen molar-refractivity contribution in [3.05, 3.63) is 66.0 Å². The second-order valence-corrected chi connectivity index (χ2v) is 6.63. The molecule has 0 spiro atoms. The Morgan fingerprint density at radius 1 is 1.07 bits per heavy atom. The number of benzene rings is 2. The molecule has 0 radical (unpaired) electrons. The lowest BCUT2D eigenvalue weighted by atomic mass is 10.1. The topological polar surface area (TPSA) is 64.6 Å². The maximum Gasteiger partial charge on any atom is 0.328 e. The van der Waals surface area contributed by atoms with Crippen LogP contribution in [0, 0.1) is 5.82 Å². The van der Waals surface area contributed by atoms with Crippen LogP contribution in [0.5, 0.6) is 5.75 Å². The number of ether oxygens (including phenoxy) is 2. The first-order chi connectivity index (χ1) is 13.1. The van der Waals surface area contributed by atoms with Crippen molar-refractivity contribution in [3.63, 3.8) is 0 Å². The van der Waals surface area contributed by atoms with Gasteiger partial charge < -0.3 is 14.8 Å². The quantitative estimate of drug-likeness (QED) is 0.497. The molecule has 0 bridgehead atoms. The molecule has 2 aromatic rings. The maximum atomic E-state index is 12.8. The first-order valence-electron chi connectivity index (χ1n) is 8.50. The van der Waals surface area contributed by atoms with Crippen LogP contribution in [0.2, 0.25) is 0 Å². The molecule has 0 heterocycles. The van der Waals surface area contributed by atoms with Gasteiger partial charge in [-0.2, -0.15) is 11.8 Å². The highest BCUT2D eigenvalue weighted by Gasteiger charge is 2.22. The molecule has 0 saturated carbocycles. The van der Waals surface area contributed by atoms with E-state index in [0.29, 0.717) is 23.5 Å². The van der Waals surface area contributed by atoms with Gasteiger partial charge in [0, 0.05) is 5.56 Å². The van der Waals surface area contributed by atoms with Gasteiger partial charge in [0.15, 0.2) is 0 Å². The molecule has 5 nitrogen and oxygen atoms in total. The number of hydrogen-bond acceptors (Lipinski definition) is 5. The predicted molar refractivity (Wildman–Crippen MR) is 104 cm³/mol. The molecule has 1 amide bonds. The van der Waals surface area contributed by atoms with Crippen molar-refractivity contribution in [1.29, 1.82) is 0 Å². The summed E-state index contributed by atoms with van der Waals surface area (Å²) in [6, 6.07) is 13.6. The Bertz CT molecular complexity index is 725. The van der Waals surface area contributed by atoms with Crippen molar-refractivity contribution in [2.24, 2.45) is 0 Å². The summed E-state index contributed by atoms with van der Waals surface area (Å²) < 4.78 is 23.4. The van der Waals surface area contributed by atoms with Gasteiger partial charge in [0.25, 0.3) is 5.91 Å². The van der Waals surface area contributed by atoms with Crippen molar-refractivity contribution in [3.8, 4) is 5.75 Å². The van der Waals surface area contributed by atoms with Crippen LogP contribution in [0.1, 0.15) is 16.8 Å². The van der Waals surface area contributed by atoms with Gasteiger partial charge in [0.2, 0.25) is 0 Å². The van der Waals surface area contributed by atoms with E-state index in [2.05, 4.69) is 5.32 Å². The molecule has 27 heavy (non-hydrogen) atoms. The normalized spacial score (nSPS) is 11.5. The van der Waals surface area contributed by atoms with E-state index in [1.165, 1.54) is 24.3 Å². The van der Waals surface area contributed by atoms with Crippen LogP contribution in [0.3, 0.4) is 0 Å². The van der Waals surface area contributed by atoms with E-state index in [4.69, 9.17) is 9.47 Å². The highest BCUT2D eigenvalue weighted by molar-refractivity contribution is 7.98. The fourth-order valence-electron chi connectivity index (χ4n) is 2.25. The zero-order chi connectivity index (χ0) is 19.5. The van der Waals surface area contributed by atoms with E-state index in [0.717, 1.165) is 0 Å². The Kier molecular flexibility index (Phi) is 8.64. The summed E-state index contributed by atoms with van der Waals surface area (Å²) in [6.45, 7) is 0.173. The van der Waals surface area contributed by atoms with Crippen molar-refractivity contribution in [2.75, 3.05) is 25.2 Å². The molecule has 0 saturated heterocycles. The molecular formula is C20H22FNO4S. The summed E-state index contributed by atoms with van der Waals surface area (Å²) in [6.07, 6.45) is 2.40. The van der Waals surface area contributed by atoms with Gasteiger partial charge in [-0.25, -0.2) is 9.18 Å². The highest BCUT2D eigenvalue weighted by Crippen LogP contribution is 2.11. The number of nitrogens with one attached hydrogen (secondary N) is 1. The fraction of sp³-hybridized carbons (Fsp3) is 0.300. The summed E-state index contributed by atoms with van der Waals surface area (Å²) in [7, 11) is 0. The minimum atomic E-state index is -0.726. The van der Waals surface area contributed by atoms with E-state index >= 15 is 0 Å². The average Bonchev–Trinajstić information content (AvgIpc) is 2.70. The van der Waals surface area contributed by atoms with Crippen LogP contribution in [-0.2, 0) is 9.53 Å². The van der Waals surface area contributed by atoms with Gasteiger partial charge in [-0.1, -0.05) is 18.2 Å². The molecule has 0 aliphatic rings. The molecule has 2 aromatic carbocycles. The van der Waals surface area contributed by atoms with Crippen LogP contribution in [0.25, 0.3) is 0 Å². The fourth-order valence-corrected chi connectivity index (χ4v) is 2.72. The molecule has 2 rings (SSSR count). The molecular weight excluding hydrogens is 369 g/mol. The third kappa shape index (κ3) is 7.30. The summed E-state index contributed by atoms with van der Waals surface area (Å²) in [5, 5.41) is 2.72. The lowest BCUT2D eigenvalue weighted by molar-refractivity contribution is -0.146. The molecule has 1 N–H and O–H groups in total. The van der Waals surface area contributed by atoms with Crippen LogP contribution >= 0.6 is 11.8 Å². The first-order valence-corrected chi connectivity index (χ1v) is 9.89. The van der Waals surface area contributed by atoms with Crippen molar-refractivity contribution < 1.29 is 23.5 Å². The average molecular weight is 391 g/mol. The van der Waals surface area contributed by atoms with Crippen molar-refractivity contribution >= 4 is 23.6 Å².